The lowest BCUT2D eigenvalue weighted by Crippen LogP contribution is -1.92. The molecule has 0 aliphatic heterocycles. The van der Waals surface area contributed by atoms with Crippen LogP contribution in [0.15, 0.2) is 36.4 Å². The molecule has 2 aromatic carbocycles. The van der Waals surface area contributed by atoms with Gasteiger partial charge in [0.2, 0.25) is 0 Å². The SMILES string of the molecule is Cc1ccc(Oc2cc(F)ccc2F)c(C#N)c1. The van der Waals surface area contributed by atoms with Crippen LogP contribution in [0.4, 0.5) is 8.78 Å². The van der Waals surface area contributed by atoms with Crippen LogP contribution >= 0.6 is 0 Å². The van der Waals surface area contributed by atoms with E-state index in [1.165, 1.54) is 0 Å². The van der Waals surface area contributed by atoms with Gasteiger partial charge in [-0.15, -0.1) is 0 Å². The molecular weight excluding hydrogens is 236 g/mol. The topological polar surface area (TPSA) is 33.0 Å². The number of ether oxygens (including phenoxy) is 1. The first kappa shape index (κ1) is 12.1. The standard InChI is InChI=1S/C14H9F2NO/c1-9-2-5-13(10(6-9)8-17)18-14-7-11(15)3-4-12(14)16/h2-7H,1H3. The molecule has 0 aromatic heterocycles. The maximum atomic E-state index is 13.4. The molecule has 2 nitrogen and oxygen atoms in total. The normalized spacial score (nSPS) is 9.89. The monoisotopic (exact) mass is 245 g/mol. The first-order chi connectivity index (χ1) is 8.60. The molecule has 0 fully saturated rings. The fraction of sp³-hybridized carbons (Fsp3) is 0.0714. The van der Waals surface area contributed by atoms with Gasteiger partial charge in [0.15, 0.2) is 11.6 Å². The maximum Gasteiger partial charge on any atom is 0.166 e. The molecule has 0 radical (unpaired) electrons. The van der Waals surface area contributed by atoms with Gasteiger partial charge in [-0.2, -0.15) is 5.26 Å². The van der Waals surface area contributed by atoms with Gasteiger partial charge < -0.3 is 4.74 Å². The minimum Gasteiger partial charge on any atom is -0.453 e. The van der Waals surface area contributed by atoms with Gasteiger partial charge >= 0.3 is 0 Å². The molecule has 4 heteroatoms. The summed E-state index contributed by atoms with van der Waals surface area (Å²) >= 11 is 0. The zero-order valence-electron chi connectivity index (χ0n) is 9.58. The molecule has 0 heterocycles. The molecule has 0 amide bonds. The number of aryl methyl sites for hydroxylation is 1. The smallest absolute Gasteiger partial charge is 0.166 e. The summed E-state index contributed by atoms with van der Waals surface area (Å²) in [6.07, 6.45) is 0. The van der Waals surface area contributed by atoms with E-state index < -0.39 is 11.6 Å². The van der Waals surface area contributed by atoms with Crippen molar-refractivity contribution in [2.75, 3.05) is 0 Å². The van der Waals surface area contributed by atoms with Crippen molar-refractivity contribution in [2.45, 2.75) is 6.92 Å². The van der Waals surface area contributed by atoms with Gasteiger partial charge in [0.1, 0.15) is 17.6 Å². The molecule has 0 saturated heterocycles. The van der Waals surface area contributed by atoms with Crippen LogP contribution in [0.1, 0.15) is 11.1 Å². The highest BCUT2D eigenvalue weighted by atomic mass is 19.1. The summed E-state index contributed by atoms with van der Waals surface area (Å²) in [5, 5.41) is 8.95. The molecule has 0 bridgehead atoms. The maximum absolute atomic E-state index is 13.4. The number of hydrogen-bond donors (Lipinski definition) is 0. The molecule has 0 unspecified atom stereocenters. The fourth-order valence-corrected chi connectivity index (χ4v) is 1.49. The molecule has 2 aromatic rings. The molecule has 0 aliphatic rings. The molecule has 0 aliphatic carbocycles. The molecule has 2 rings (SSSR count). The second-order valence-electron chi connectivity index (χ2n) is 3.79. The van der Waals surface area contributed by atoms with Crippen LogP contribution in [0.3, 0.4) is 0 Å². The van der Waals surface area contributed by atoms with Crippen LogP contribution in [0.25, 0.3) is 0 Å². The Morgan fingerprint density at radius 1 is 1.06 bits per heavy atom. The van der Waals surface area contributed by atoms with E-state index in [0.29, 0.717) is 0 Å². The van der Waals surface area contributed by atoms with Gasteiger partial charge in [0.25, 0.3) is 0 Å². The Labute approximate surface area is 103 Å². The van der Waals surface area contributed by atoms with Crippen molar-refractivity contribution in [3.8, 4) is 17.6 Å². The second kappa shape index (κ2) is 4.84. The summed E-state index contributed by atoms with van der Waals surface area (Å²) in [5.74, 6) is -1.32. The summed E-state index contributed by atoms with van der Waals surface area (Å²) in [7, 11) is 0. The van der Waals surface area contributed by atoms with Crippen LogP contribution < -0.4 is 4.74 Å². The number of rotatable bonds is 2. The van der Waals surface area contributed by atoms with E-state index in [0.717, 1.165) is 23.8 Å². The Hall–Kier alpha value is -2.41. The summed E-state index contributed by atoms with van der Waals surface area (Å²) in [6.45, 7) is 1.83. The number of hydrogen-bond acceptors (Lipinski definition) is 2. The van der Waals surface area contributed by atoms with E-state index in [2.05, 4.69) is 0 Å². The van der Waals surface area contributed by atoms with Gasteiger partial charge in [-0.1, -0.05) is 6.07 Å². The highest BCUT2D eigenvalue weighted by molar-refractivity contribution is 5.47. The molecule has 90 valence electrons. The van der Waals surface area contributed by atoms with Crippen LogP contribution in [-0.2, 0) is 0 Å². The van der Waals surface area contributed by atoms with Crippen LogP contribution in [-0.4, -0.2) is 0 Å². The van der Waals surface area contributed by atoms with Crippen LogP contribution in [0, 0.1) is 29.9 Å². The van der Waals surface area contributed by atoms with Crippen molar-refractivity contribution in [1.29, 1.82) is 5.26 Å². The average molecular weight is 245 g/mol. The molecule has 0 atom stereocenters. The lowest BCUT2D eigenvalue weighted by Gasteiger charge is -2.08. The van der Waals surface area contributed by atoms with Crippen molar-refractivity contribution in [3.63, 3.8) is 0 Å². The van der Waals surface area contributed by atoms with Gasteiger partial charge in [0, 0.05) is 6.07 Å². The third-order valence-electron chi connectivity index (χ3n) is 2.37. The van der Waals surface area contributed by atoms with E-state index in [9.17, 15) is 8.78 Å². The number of nitriles is 1. The quantitative estimate of drug-likeness (QED) is 0.802. The number of benzene rings is 2. The molecule has 0 saturated carbocycles. The van der Waals surface area contributed by atoms with Crippen molar-refractivity contribution in [2.24, 2.45) is 0 Å². The zero-order valence-corrected chi connectivity index (χ0v) is 9.58. The summed E-state index contributed by atoms with van der Waals surface area (Å²) in [5.41, 5.74) is 1.16. The van der Waals surface area contributed by atoms with E-state index in [4.69, 9.17) is 10.00 Å². The van der Waals surface area contributed by atoms with E-state index in [1.807, 2.05) is 13.0 Å². The van der Waals surface area contributed by atoms with Crippen molar-refractivity contribution in [1.82, 2.24) is 0 Å². The molecule has 0 N–H and O–H groups in total. The van der Waals surface area contributed by atoms with Crippen molar-refractivity contribution < 1.29 is 13.5 Å². The van der Waals surface area contributed by atoms with E-state index in [1.54, 1.807) is 18.2 Å². The fourth-order valence-electron chi connectivity index (χ4n) is 1.49. The Morgan fingerprint density at radius 3 is 2.56 bits per heavy atom. The Kier molecular flexibility index (Phi) is 3.24. The molecule has 0 spiro atoms. The van der Waals surface area contributed by atoms with Crippen molar-refractivity contribution >= 4 is 0 Å². The minimum absolute atomic E-state index is 0.201. The van der Waals surface area contributed by atoms with Crippen LogP contribution in [0.2, 0.25) is 0 Å². The molecule has 18 heavy (non-hydrogen) atoms. The zero-order chi connectivity index (χ0) is 13.1. The summed E-state index contributed by atoms with van der Waals surface area (Å²) < 4.78 is 31.6. The highest BCUT2D eigenvalue weighted by Crippen LogP contribution is 2.28. The number of halogens is 2. The van der Waals surface area contributed by atoms with Crippen LogP contribution in [0.5, 0.6) is 11.5 Å². The van der Waals surface area contributed by atoms with Gasteiger partial charge in [-0.05, 0) is 36.8 Å². The minimum atomic E-state index is -0.680. The Bertz CT molecular complexity index is 632. The lowest BCUT2D eigenvalue weighted by molar-refractivity contribution is 0.435. The Balaban J connectivity index is 2.40. The van der Waals surface area contributed by atoms with Gasteiger partial charge in [0.05, 0.1) is 5.56 Å². The molecular formula is C14H9F2NO. The highest BCUT2D eigenvalue weighted by Gasteiger charge is 2.09. The van der Waals surface area contributed by atoms with E-state index >= 15 is 0 Å². The lowest BCUT2D eigenvalue weighted by atomic mass is 10.1. The number of nitrogens with zero attached hydrogens (tertiary/aromatic N) is 1. The predicted octanol–water partition coefficient (Wildman–Crippen LogP) is 3.94. The first-order valence-electron chi connectivity index (χ1n) is 5.24. The van der Waals surface area contributed by atoms with E-state index in [-0.39, 0.29) is 17.1 Å². The summed E-state index contributed by atoms with van der Waals surface area (Å²) in [6, 6.07) is 9.77. The van der Waals surface area contributed by atoms with Crippen molar-refractivity contribution in [3.05, 3.63) is 59.2 Å². The first-order valence-corrected chi connectivity index (χ1v) is 5.24. The van der Waals surface area contributed by atoms with Gasteiger partial charge in [-0.25, -0.2) is 8.78 Å². The average Bonchev–Trinajstić information content (AvgIpc) is 2.36. The van der Waals surface area contributed by atoms with Gasteiger partial charge in [-0.3, -0.25) is 0 Å². The third-order valence-corrected chi connectivity index (χ3v) is 2.37. The third kappa shape index (κ3) is 2.46. The largest absolute Gasteiger partial charge is 0.453 e. The Morgan fingerprint density at radius 2 is 1.83 bits per heavy atom. The second-order valence-corrected chi connectivity index (χ2v) is 3.79. The summed E-state index contributed by atoms with van der Waals surface area (Å²) in [4.78, 5) is 0. The predicted molar refractivity (Wildman–Crippen MR) is 62.3 cm³/mol.